The number of benzene rings is 2. The maximum Gasteiger partial charge on any atom is 0.0728 e. The van der Waals surface area contributed by atoms with E-state index in [1.54, 1.807) is 0 Å². The van der Waals surface area contributed by atoms with Crippen molar-refractivity contribution in [3.63, 3.8) is 0 Å². The van der Waals surface area contributed by atoms with E-state index in [0.717, 1.165) is 11.6 Å². The first-order valence-electron chi connectivity index (χ1n) is 6.37. The lowest BCUT2D eigenvalue weighted by Crippen LogP contribution is -2.06. The second-order valence-corrected chi connectivity index (χ2v) is 9.90. The Hall–Kier alpha value is -1.54. The molecule has 2 rings (SSSR count). The van der Waals surface area contributed by atoms with E-state index >= 15 is 0 Å². The van der Waals surface area contributed by atoms with Crippen molar-refractivity contribution < 1.29 is 0 Å². The summed E-state index contributed by atoms with van der Waals surface area (Å²) in [6.45, 7) is 0. The van der Waals surface area contributed by atoms with Crippen LogP contribution in [0.1, 0.15) is 11.1 Å². The van der Waals surface area contributed by atoms with E-state index in [1.165, 1.54) is 11.1 Å². The Morgan fingerprint density at radius 2 is 1.21 bits per heavy atom. The van der Waals surface area contributed by atoms with Gasteiger partial charge in [-0.1, -0.05) is 60.7 Å². The summed E-state index contributed by atoms with van der Waals surface area (Å²) in [6, 6.07) is 20.9. The summed E-state index contributed by atoms with van der Waals surface area (Å²) in [4.78, 5) is 4.89. The molecule has 0 aliphatic heterocycles. The minimum absolute atomic E-state index is 0.623. The summed E-state index contributed by atoms with van der Waals surface area (Å²) >= 11 is 0. The van der Waals surface area contributed by atoms with Gasteiger partial charge in [-0.25, -0.2) is 10.0 Å². The van der Waals surface area contributed by atoms with Crippen LogP contribution in [0.4, 0.5) is 0 Å². The van der Waals surface area contributed by atoms with Gasteiger partial charge in [-0.2, -0.15) is 0 Å². The van der Waals surface area contributed by atoms with Crippen molar-refractivity contribution in [2.24, 2.45) is 4.99 Å². The highest BCUT2D eigenvalue weighted by Crippen LogP contribution is 2.34. The molecule has 100 valence electrons. The van der Waals surface area contributed by atoms with Crippen LogP contribution in [0.2, 0.25) is 0 Å². The number of nitrogens with zero attached hydrogens (tertiary/aromatic N) is 1. The molecule has 0 bridgehead atoms. The fourth-order valence-electron chi connectivity index (χ4n) is 1.80. The highest BCUT2D eigenvalue weighted by atomic mass is 32.3. The third-order valence-electron chi connectivity index (χ3n) is 2.70. The highest BCUT2D eigenvalue weighted by molar-refractivity contribution is 8.32. The first-order valence-corrected chi connectivity index (χ1v) is 9.40. The molecule has 0 saturated heterocycles. The summed E-state index contributed by atoms with van der Waals surface area (Å²) in [5, 5.41) is 0. The fraction of sp³-hybridized carbons (Fsp3) is 0.235. The predicted octanol–water partition coefficient (Wildman–Crippen LogP) is 4.18. The normalized spacial score (nSPS) is 11.9. The Balaban J connectivity index is 2.40. The van der Waals surface area contributed by atoms with E-state index in [-0.39, 0.29) is 0 Å². The molecule has 0 N–H and O–H groups in total. The van der Waals surface area contributed by atoms with Crippen LogP contribution in [-0.4, -0.2) is 30.4 Å². The average Bonchev–Trinajstić information content (AvgIpc) is 2.40. The fourth-order valence-corrected chi connectivity index (χ4v) is 2.32. The first-order chi connectivity index (χ1) is 9.06. The van der Waals surface area contributed by atoms with Crippen LogP contribution in [-0.2, 0) is 0 Å². The molecule has 0 heterocycles. The molecule has 0 aliphatic rings. The molecule has 0 fully saturated rings. The van der Waals surface area contributed by atoms with Gasteiger partial charge in [-0.3, -0.25) is 4.99 Å². The van der Waals surface area contributed by atoms with Gasteiger partial charge in [0.25, 0.3) is 0 Å². The maximum absolute atomic E-state index is 4.89. The third-order valence-corrected chi connectivity index (χ3v) is 3.61. The van der Waals surface area contributed by atoms with E-state index in [4.69, 9.17) is 4.99 Å². The van der Waals surface area contributed by atoms with Gasteiger partial charge in [0.15, 0.2) is 0 Å². The zero-order chi connectivity index (χ0) is 13.7. The van der Waals surface area contributed by atoms with Crippen LogP contribution >= 0.6 is 10.0 Å². The third kappa shape index (κ3) is 4.25. The van der Waals surface area contributed by atoms with E-state index in [2.05, 4.69) is 67.3 Å². The summed E-state index contributed by atoms with van der Waals surface area (Å²) in [6.07, 6.45) is 6.89. The zero-order valence-corrected chi connectivity index (χ0v) is 12.7. The lowest BCUT2D eigenvalue weighted by atomic mass is 10.0. The molecule has 0 saturated carbocycles. The molecular formula is C17H21NS. The van der Waals surface area contributed by atoms with Crippen LogP contribution in [0.3, 0.4) is 0 Å². The van der Waals surface area contributed by atoms with Gasteiger partial charge in [0.1, 0.15) is 0 Å². The Kier molecular flexibility index (Phi) is 4.43. The molecule has 1 nitrogen and oxygen atoms in total. The quantitative estimate of drug-likeness (QED) is 0.740. The molecule has 0 aliphatic carbocycles. The molecule has 0 spiro atoms. The standard InChI is InChI=1S/C17H21NS/c1-19(2,3)14-18-17(15-10-6-4-7-11-15)16-12-8-5-9-13-16/h4-13H,14H2,1-3H3. The summed E-state index contributed by atoms with van der Waals surface area (Å²) < 4.78 is 0. The largest absolute Gasteiger partial charge is 0.275 e. The Labute approximate surface area is 117 Å². The maximum atomic E-state index is 4.89. The highest BCUT2D eigenvalue weighted by Gasteiger charge is 2.08. The Morgan fingerprint density at radius 3 is 1.58 bits per heavy atom. The van der Waals surface area contributed by atoms with Crippen molar-refractivity contribution in [1.29, 1.82) is 0 Å². The molecule has 0 amide bonds. The lowest BCUT2D eigenvalue weighted by Gasteiger charge is -2.23. The molecule has 2 heteroatoms. The summed E-state index contributed by atoms with van der Waals surface area (Å²) in [5.74, 6) is 0.909. The molecule has 0 unspecified atom stereocenters. The summed E-state index contributed by atoms with van der Waals surface area (Å²) in [7, 11) is -0.623. The second kappa shape index (κ2) is 6.07. The van der Waals surface area contributed by atoms with Crippen molar-refractivity contribution in [2.45, 2.75) is 0 Å². The van der Waals surface area contributed by atoms with Crippen molar-refractivity contribution in [1.82, 2.24) is 0 Å². The van der Waals surface area contributed by atoms with Crippen LogP contribution < -0.4 is 0 Å². The molecular weight excluding hydrogens is 250 g/mol. The molecule has 2 aromatic rings. The minimum Gasteiger partial charge on any atom is -0.275 e. The molecule has 2 aromatic carbocycles. The molecule has 0 radical (unpaired) electrons. The molecule has 0 atom stereocenters. The molecule has 19 heavy (non-hydrogen) atoms. The smallest absolute Gasteiger partial charge is 0.0728 e. The second-order valence-electron chi connectivity index (χ2n) is 5.46. The first kappa shape index (κ1) is 13.9. The van der Waals surface area contributed by atoms with Crippen molar-refractivity contribution in [3.8, 4) is 0 Å². The van der Waals surface area contributed by atoms with Crippen molar-refractivity contribution >= 4 is 15.7 Å². The van der Waals surface area contributed by atoms with Crippen molar-refractivity contribution in [2.75, 3.05) is 24.6 Å². The van der Waals surface area contributed by atoms with E-state index in [0.29, 0.717) is 0 Å². The van der Waals surface area contributed by atoms with Crippen LogP contribution in [0.5, 0.6) is 0 Å². The van der Waals surface area contributed by atoms with E-state index < -0.39 is 10.0 Å². The Morgan fingerprint density at radius 1 is 0.789 bits per heavy atom. The summed E-state index contributed by atoms with van der Waals surface area (Å²) in [5.41, 5.74) is 3.48. The van der Waals surface area contributed by atoms with Crippen LogP contribution in [0.15, 0.2) is 65.7 Å². The van der Waals surface area contributed by atoms with Gasteiger partial charge in [0.05, 0.1) is 11.6 Å². The number of rotatable bonds is 4. The van der Waals surface area contributed by atoms with Gasteiger partial charge in [-0.05, 0) is 18.8 Å². The number of hydrogen-bond donors (Lipinski definition) is 0. The lowest BCUT2D eigenvalue weighted by molar-refractivity contribution is 1.34. The monoisotopic (exact) mass is 271 g/mol. The van der Waals surface area contributed by atoms with Crippen LogP contribution in [0.25, 0.3) is 0 Å². The van der Waals surface area contributed by atoms with Crippen LogP contribution in [0, 0.1) is 0 Å². The number of aliphatic imine (C=N–C) groups is 1. The SMILES string of the molecule is CS(C)(C)CN=C(c1ccccc1)c1ccccc1. The van der Waals surface area contributed by atoms with Gasteiger partial charge in [0.2, 0.25) is 0 Å². The topological polar surface area (TPSA) is 12.4 Å². The average molecular weight is 271 g/mol. The van der Waals surface area contributed by atoms with E-state index in [1.807, 2.05) is 12.1 Å². The van der Waals surface area contributed by atoms with Gasteiger partial charge in [-0.15, -0.1) is 0 Å². The zero-order valence-electron chi connectivity index (χ0n) is 11.8. The Bertz CT molecular complexity index is 497. The van der Waals surface area contributed by atoms with Gasteiger partial charge in [0, 0.05) is 11.1 Å². The van der Waals surface area contributed by atoms with E-state index in [9.17, 15) is 0 Å². The van der Waals surface area contributed by atoms with Crippen molar-refractivity contribution in [3.05, 3.63) is 71.8 Å². The predicted molar refractivity (Wildman–Crippen MR) is 88.8 cm³/mol. The van der Waals surface area contributed by atoms with Gasteiger partial charge >= 0.3 is 0 Å². The minimum atomic E-state index is -0.623. The van der Waals surface area contributed by atoms with Gasteiger partial charge < -0.3 is 0 Å². The molecule has 0 aromatic heterocycles. The number of hydrogen-bond acceptors (Lipinski definition) is 1.